The monoisotopic (exact) mass is 382 g/mol. The Labute approximate surface area is 170 Å². The van der Waals surface area contributed by atoms with Crippen molar-refractivity contribution < 1.29 is 9.32 Å². The summed E-state index contributed by atoms with van der Waals surface area (Å²) in [5.74, 6) is 3.37. The minimum Gasteiger partial charge on any atom is -0.358 e. The van der Waals surface area contributed by atoms with Crippen molar-refractivity contribution in [3.8, 4) is 23.5 Å². The van der Waals surface area contributed by atoms with Crippen molar-refractivity contribution >= 4 is 11.5 Å². The molecule has 1 aliphatic heterocycles. The standard InChI is InChI=1S/C25H22N2O2/c1-5-17-10-12-18(13-11-17)24-20-9-7-6-8-19(20)23-16(4)27-29-25(23)21(26-24)14-22(28)15(2)3/h1,6-13,15,21H,14H2,2-4H3/t21-/m0/s1. The van der Waals surface area contributed by atoms with Gasteiger partial charge < -0.3 is 4.52 Å². The number of Topliss-reactive ketones (excluding diaryl/α,β-unsaturated/α-hetero) is 1. The molecular weight excluding hydrogens is 360 g/mol. The maximum atomic E-state index is 12.6. The van der Waals surface area contributed by atoms with E-state index in [1.165, 1.54) is 0 Å². The number of carbonyl (C=O) groups excluding carboxylic acids is 1. The molecule has 3 aromatic rings. The highest BCUT2D eigenvalue weighted by molar-refractivity contribution is 6.17. The SMILES string of the molecule is C#Cc1ccc(C2=N[C@@H](CC(=O)C(C)C)c3onc(C)c3-c3ccccc32)cc1. The first-order valence-corrected chi connectivity index (χ1v) is 9.73. The zero-order chi connectivity index (χ0) is 20.5. The molecule has 4 rings (SSSR count). The normalized spacial score (nSPS) is 15.1. The van der Waals surface area contributed by atoms with Crippen molar-refractivity contribution in [1.82, 2.24) is 5.16 Å². The summed E-state index contributed by atoms with van der Waals surface area (Å²) in [6.07, 6.45) is 5.79. The zero-order valence-electron chi connectivity index (χ0n) is 16.8. The van der Waals surface area contributed by atoms with Crippen LogP contribution in [0.2, 0.25) is 0 Å². The third-order valence-electron chi connectivity index (χ3n) is 5.29. The molecule has 2 aromatic carbocycles. The van der Waals surface area contributed by atoms with Gasteiger partial charge in [0.1, 0.15) is 11.8 Å². The Balaban J connectivity index is 1.94. The van der Waals surface area contributed by atoms with Gasteiger partial charge in [-0.15, -0.1) is 6.42 Å². The molecule has 0 unspecified atom stereocenters. The minimum atomic E-state index is -0.421. The highest BCUT2D eigenvalue weighted by Gasteiger charge is 2.31. The van der Waals surface area contributed by atoms with Crippen molar-refractivity contribution in [2.45, 2.75) is 33.2 Å². The summed E-state index contributed by atoms with van der Waals surface area (Å²) in [5.41, 5.74) is 6.34. The van der Waals surface area contributed by atoms with Gasteiger partial charge in [0, 0.05) is 29.0 Å². The van der Waals surface area contributed by atoms with Crippen LogP contribution in [0, 0.1) is 25.2 Å². The number of hydrogen-bond donors (Lipinski definition) is 0. The van der Waals surface area contributed by atoms with E-state index in [9.17, 15) is 4.79 Å². The number of benzene rings is 2. The van der Waals surface area contributed by atoms with Crippen molar-refractivity contribution in [2.24, 2.45) is 10.9 Å². The lowest BCUT2D eigenvalue weighted by molar-refractivity contribution is -0.122. The second kappa shape index (κ2) is 7.52. The van der Waals surface area contributed by atoms with Crippen LogP contribution in [0.15, 0.2) is 58.0 Å². The van der Waals surface area contributed by atoms with Gasteiger partial charge in [0.05, 0.1) is 17.0 Å². The van der Waals surface area contributed by atoms with Crippen LogP contribution < -0.4 is 0 Å². The lowest BCUT2D eigenvalue weighted by Crippen LogP contribution is -2.13. The first-order chi connectivity index (χ1) is 14.0. The third kappa shape index (κ3) is 3.40. The van der Waals surface area contributed by atoms with E-state index in [0.717, 1.165) is 39.2 Å². The van der Waals surface area contributed by atoms with E-state index >= 15 is 0 Å². The first-order valence-electron chi connectivity index (χ1n) is 9.73. The molecule has 0 spiro atoms. The predicted molar refractivity (Wildman–Crippen MR) is 114 cm³/mol. The fraction of sp³-hybridized carbons (Fsp3) is 0.240. The van der Waals surface area contributed by atoms with Crippen LogP contribution in [-0.4, -0.2) is 16.7 Å². The number of aliphatic imine (C=N–C) groups is 1. The summed E-state index contributed by atoms with van der Waals surface area (Å²) in [7, 11) is 0. The Morgan fingerprint density at radius 1 is 1.14 bits per heavy atom. The summed E-state index contributed by atoms with van der Waals surface area (Å²) in [6, 6.07) is 15.4. The van der Waals surface area contributed by atoms with Gasteiger partial charge in [-0.2, -0.15) is 0 Å². The largest absolute Gasteiger partial charge is 0.358 e. The number of rotatable bonds is 4. The van der Waals surface area contributed by atoms with Crippen LogP contribution in [0.3, 0.4) is 0 Å². The Bertz CT molecular complexity index is 1140. The van der Waals surface area contributed by atoms with E-state index in [1.807, 2.05) is 63.2 Å². The number of carbonyl (C=O) groups is 1. The number of aryl methyl sites for hydroxylation is 1. The highest BCUT2D eigenvalue weighted by Crippen LogP contribution is 2.41. The molecule has 1 atom stereocenters. The molecule has 0 N–H and O–H groups in total. The molecule has 2 heterocycles. The molecule has 0 radical (unpaired) electrons. The van der Waals surface area contributed by atoms with Crippen LogP contribution in [0.5, 0.6) is 0 Å². The second-order valence-electron chi connectivity index (χ2n) is 7.59. The third-order valence-corrected chi connectivity index (χ3v) is 5.29. The first kappa shape index (κ1) is 18.9. The van der Waals surface area contributed by atoms with Gasteiger partial charge in [-0.3, -0.25) is 9.79 Å². The van der Waals surface area contributed by atoms with Crippen molar-refractivity contribution in [1.29, 1.82) is 0 Å². The number of aromatic nitrogens is 1. The van der Waals surface area contributed by atoms with Gasteiger partial charge in [0.25, 0.3) is 0 Å². The van der Waals surface area contributed by atoms with Crippen molar-refractivity contribution in [3.63, 3.8) is 0 Å². The fourth-order valence-corrected chi connectivity index (χ4v) is 3.65. The average molecular weight is 382 g/mol. The van der Waals surface area contributed by atoms with Crippen LogP contribution in [0.25, 0.3) is 11.1 Å². The summed E-state index contributed by atoms with van der Waals surface area (Å²) >= 11 is 0. The number of terminal acetylenes is 1. The van der Waals surface area contributed by atoms with Crippen LogP contribution >= 0.6 is 0 Å². The molecule has 0 amide bonds. The van der Waals surface area contributed by atoms with E-state index < -0.39 is 6.04 Å². The number of ketones is 1. The smallest absolute Gasteiger partial charge is 0.169 e. The minimum absolute atomic E-state index is 0.0679. The van der Waals surface area contributed by atoms with Crippen molar-refractivity contribution in [3.05, 3.63) is 76.7 Å². The maximum absolute atomic E-state index is 12.6. The van der Waals surface area contributed by atoms with Crippen molar-refractivity contribution in [2.75, 3.05) is 0 Å². The lowest BCUT2D eigenvalue weighted by Gasteiger charge is -2.13. The molecule has 0 saturated heterocycles. The van der Waals surface area contributed by atoms with Crippen LogP contribution in [0.1, 0.15) is 54.5 Å². The Hall–Kier alpha value is -3.45. The van der Waals surface area contributed by atoms with E-state index in [1.54, 1.807) is 0 Å². The van der Waals surface area contributed by atoms with Gasteiger partial charge in [-0.25, -0.2) is 0 Å². The summed E-state index contributed by atoms with van der Waals surface area (Å²) in [6.45, 7) is 5.74. The van der Waals surface area contributed by atoms with Gasteiger partial charge in [0.2, 0.25) is 0 Å². The molecule has 0 aliphatic carbocycles. The fourth-order valence-electron chi connectivity index (χ4n) is 3.65. The van der Waals surface area contributed by atoms with E-state index in [2.05, 4.69) is 17.1 Å². The number of nitrogens with zero attached hydrogens (tertiary/aromatic N) is 2. The zero-order valence-corrected chi connectivity index (χ0v) is 16.8. The molecule has 144 valence electrons. The molecule has 4 heteroatoms. The molecule has 0 saturated carbocycles. The van der Waals surface area contributed by atoms with Gasteiger partial charge in [-0.1, -0.05) is 61.3 Å². The Morgan fingerprint density at radius 2 is 1.83 bits per heavy atom. The topological polar surface area (TPSA) is 55.5 Å². The lowest BCUT2D eigenvalue weighted by atomic mass is 9.92. The van der Waals surface area contributed by atoms with Gasteiger partial charge >= 0.3 is 0 Å². The Kier molecular flexibility index (Phi) is 4.90. The molecule has 1 aliphatic rings. The molecule has 0 fully saturated rings. The molecule has 29 heavy (non-hydrogen) atoms. The molecule has 4 nitrogen and oxygen atoms in total. The van der Waals surface area contributed by atoms with Gasteiger partial charge in [0.15, 0.2) is 5.76 Å². The Morgan fingerprint density at radius 3 is 2.48 bits per heavy atom. The summed E-state index contributed by atoms with van der Waals surface area (Å²) in [5, 5.41) is 4.18. The van der Waals surface area contributed by atoms with E-state index in [4.69, 9.17) is 15.9 Å². The number of hydrogen-bond acceptors (Lipinski definition) is 4. The van der Waals surface area contributed by atoms with E-state index in [-0.39, 0.29) is 18.1 Å². The second-order valence-corrected chi connectivity index (χ2v) is 7.59. The predicted octanol–water partition coefficient (Wildman–Crippen LogP) is 5.14. The van der Waals surface area contributed by atoms with Crippen LogP contribution in [0.4, 0.5) is 0 Å². The summed E-state index contributed by atoms with van der Waals surface area (Å²) in [4.78, 5) is 17.6. The maximum Gasteiger partial charge on any atom is 0.169 e. The highest BCUT2D eigenvalue weighted by atomic mass is 16.5. The molecule has 1 aromatic heterocycles. The molecular formula is C25H22N2O2. The average Bonchev–Trinajstić information content (AvgIpc) is 3.05. The van der Waals surface area contributed by atoms with Crippen LogP contribution in [-0.2, 0) is 4.79 Å². The number of fused-ring (bicyclic) bond motifs is 3. The quantitative estimate of drug-likeness (QED) is 0.587. The van der Waals surface area contributed by atoms with E-state index in [0.29, 0.717) is 5.76 Å². The van der Waals surface area contributed by atoms with Gasteiger partial charge in [-0.05, 0) is 24.6 Å². The summed E-state index contributed by atoms with van der Waals surface area (Å²) < 4.78 is 5.70. The molecule has 0 bridgehead atoms.